The molecule has 6 nitrogen and oxygen atoms in total. The zero-order chi connectivity index (χ0) is 22.6. The molecule has 0 radical (unpaired) electrons. The molecule has 0 aromatic heterocycles. The van der Waals surface area contributed by atoms with Crippen molar-refractivity contribution in [1.82, 2.24) is 4.90 Å². The highest BCUT2D eigenvalue weighted by molar-refractivity contribution is 6.30. The monoisotopic (exact) mass is 441 g/mol. The van der Waals surface area contributed by atoms with Crippen LogP contribution in [0.5, 0.6) is 0 Å². The summed E-state index contributed by atoms with van der Waals surface area (Å²) in [4.78, 5) is 39.9. The quantitative estimate of drug-likeness (QED) is 0.714. The minimum Gasteiger partial charge on any atom is -0.342 e. The molecule has 3 amide bonds. The van der Waals surface area contributed by atoms with Crippen molar-refractivity contribution in [2.75, 3.05) is 23.7 Å². The van der Waals surface area contributed by atoms with Crippen LogP contribution in [0.25, 0.3) is 0 Å². The molecule has 1 fully saturated rings. The molecule has 1 aliphatic rings. The van der Waals surface area contributed by atoms with E-state index in [0.29, 0.717) is 47.9 Å². The second-order valence-electron chi connectivity index (χ2n) is 8.81. The molecule has 0 aliphatic carbocycles. The molecule has 0 atom stereocenters. The number of hydrogen-bond acceptors (Lipinski definition) is 3. The van der Waals surface area contributed by atoms with Crippen LogP contribution in [0.1, 0.15) is 44.0 Å². The van der Waals surface area contributed by atoms with E-state index in [1.54, 1.807) is 48.5 Å². The van der Waals surface area contributed by atoms with Crippen LogP contribution in [-0.4, -0.2) is 35.7 Å². The van der Waals surface area contributed by atoms with Crippen LogP contribution in [0.15, 0.2) is 48.5 Å². The van der Waals surface area contributed by atoms with Crippen molar-refractivity contribution in [3.8, 4) is 0 Å². The number of benzene rings is 2. The number of anilines is 2. The third-order valence-electron chi connectivity index (χ3n) is 5.33. The molecular weight excluding hydrogens is 414 g/mol. The number of carbonyl (C=O) groups excluding carboxylic acids is 3. The van der Waals surface area contributed by atoms with Crippen LogP contribution in [0, 0.1) is 11.3 Å². The van der Waals surface area contributed by atoms with Gasteiger partial charge in [0.1, 0.15) is 0 Å². The Kier molecular flexibility index (Phi) is 7.01. The molecule has 0 unspecified atom stereocenters. The fourth-order valence-corrected chi connectivity index (χ4v) is 3.70. The first-order valence-electron chi connectivity index (χ1n) is 10.4. The minimum atomic E-state index is -0.425. The maximum Gasteiger partial charge on any atom is 0.257 e. The van der Waals surface area contributed by atoms with E-state index in [9.17, 15) is 14.4 Å². The van der Waals surface area contributed by atoms with Crippen molar-refractivity contribution in [2.45, 2.75) is 33.6 Å². The Hall–Kier alpha value is -2.86. The SMILES string of the molecule is CC(C)(C)C(=O)N1CCC(C(=O)Nc2ccccc2C(=O)Nc2ccc(Cl)cc2)CC1. The number of nitrogens with one attached hydrogen (secondary N) is 2. The summed E-state index contributed by atoms with van der Waals surface area (Å²) in [7, 11) is 0. The fraction of sp³-hybridized carbons (Fsp3) is 0.375. The highest BCUT2D eigenvalue weighted by atomic mass is 35.5. The van der Waals surface area contributed by atoms with Gasteiger partial charge < -0.3 is 15.5 Å². The molecule has 0 spiro atoms. The Bertz CT molecular complexity index is 959. The van der Waals surface area contributed by atoms with Gasteiger partial charge in [-0.3, -0.25) is 14.4 Å². The second-order valence-corrected chi connectivity index (χ2v) is 9.25. The molecule has 3 rings (SSSR count). The van der Waals surface area contributed by atoms with E-state index in [1.165, 1.54) is 0 Å². The lowest BCUT2D eigenvalue weighted by Gasteiger charge is -2.35. The molecular formula is C24H28ClN3O3. The summed E-state index contributed by atoms with van der Waals surface area (Å²) in [5, 5.41) is 6.31. The number of likely N-dealkylation sites (tertiary alicyclic amines) is 1. The van der Waals surface area contributed by atoms with Gasteiger partial charge in [-0.15, -0.1) is 0 Å². The lowest BCUT2D eigenvalue weighted by molar-refractivity contribution is -0.142. The predicted octanol–water partition coefficient (Wildman–Crippen LogP) is 4.82. The fourth-order valence-electron chi connectivity index (χ4n) is 3.58. The number of amides is 3. The number of rotatable bonds is 4. The van der Waals surface area contributed by atoms with E-state index in [4.69, 9.17) is 11.6 Å². The summed E-state index contributed by atoms with van der Waals surface area (Å²) in [5.41, 5.74) is 1.04. The summed E-state index contributed by atoms with van der Waals surface area (Å²) >= 11 is 5.89. The van der Waals surface area contributed by atoms with Crippen molar-refractivity contribution < 1.29 is 14.4 Å². The van der Waals surface area contributed by atoms with Crippen LogP contribution in [0.3, 0.4) is 0 Å². The van der Waals surface area contributed by atoms with Crippen molar-refractivity contribution in [1.29, 1.82) is 0 Å². The molecule has 2 N–H and O–H groups in total. The summed E-state index contributed by atoms with van der Waals surface area (Å²) < 4.78 is 0. The number of nitrogens with zero attached hydrogens (tertiary/aromatic N) is 1. The molecule has 2 aromatic rings. The topological polar surface area (TPSA) is 78.5 Å². The van der Waals surface area contributed by atoms with Gasteiger partial charge in [-0.2, -0.15) is 0 Å². The maximum atomic E-state index is 12.9. The summed E-state index contributed by atoms with van der Waals surface area (Å²) in [5.74, 6) is -0.537. The molecule has 1 saturated heterocycles. The number of carbonyl (C=O) groups is 3. The van der Waals surface area contributed by atoms with Crippen molar-refractivity contribution >= 4 is 40.7 Å². The number of piperidine rings is 1. The zero-order valence-corrected chi connectivity index (χ0v) is 18.8. The number of para-hydroxylation sites is 1. The number of hydrogen-bond donors (Lipinski definition) is 2. The summed E-state index contributed by atoms with van der Waals surface area (Å²) in [6.07, 6.45) is 1.21. The molecule has 1 aliphatic heterocycles. The first kappa shape index (κ1) is 22.8. The molecule has 1 heterocycles. The first-order valence-corrected chi connectivity index (χ1v) is 10.8. The van der Waals surface area contributed by atoms with Crippen LogP contribution in [0.4, 0.5) is 11.4 Å². The van der Waals surface area contributed by atoms with Crippen LogP contribution < -0.4 is 10.6 Å². The molecule has 0 saturated carbocycles. The molecule has 164 valence electrons. The van der Waals surface area contributed by atoms with Crippen LogP contribution >= 0.6 is 11.6 Å². The van der Waals surface area contributed by atoms with E-state index in [2.05, 4.69) is 10.6 Å². The Morgan fingerprint density at radius 1 is 0.935 bits per heavy atom. The summed E-state index contributed by atoms with van der Waals surface area (Å²) in [6.45, 7) is 6.83. The van der Waals surface area contributed by atoms with Gasteiger partial charge in [0, 0.05) is 35.1 Å². The Labute approximate surface area is 188 Å². The van der Waals surface area contributed by atoms with E-state index in [0.717, 1.165) is 0 Å². The Balaban J connectivity index is 1.63. The van der Waals surface area contributed by atoms with E-state index >= 15 is 0 Å². The highest BCUT2D eigenvalue weighted by Gasteiger charge is 2.32. The second kappa shape index (κ2) is 9.52. The smallest absolute Gasteiger partial charge is 0.257 e. The zero-order valence-electron chi connectivity index (χ0n) is 18.1. The van der Waals surface area contributed by atoms with E-state index in [1.807, 2.05) is 25.7 Å². The third-order valence-corrected chi connectivity index (χ3v) is 5.58. The molecule has 31 heavy (non-hydrogen) atoms. The normalized spacial score (nSPS) is 14.8. The lowest BCUT2D eigenvalue weighted by atomic mass is 9.90. The van der Waals surface area contributed by atoms with Gasteiger partial charge >= 0.3 is 0 Å². The van der Waals surface area contributed by atoms with Gasteiger partial charge in [-0.05, 0) is 49.2 Å². The maximum absolute atomic E-state index is 12.9. The Morgan fingerprint density at radius 2 is 1.55 bits per heavy atom. The molecule has 0 bridgehead atoms. The van der Waals surface area contributed by atoms with Gasteiger partial charge in [0.05, 0.1) is 11.3 Å². The van der Waals surface area contributed by atoms with Gasteiger partial charge in [0.15, 0.2) is 0 Å². The van der Waals surface area contributed by atoms with E-state index < -0.39 is 5.41 Å². The van der Waals surface area contributed by atoms with Gasteiger partial charge in [0.25, 0.3) is 5.91 Å². The summed E-state index contributed by atoms with van der Waals surface area (Å²) in [6, 6.07) is 13.7. The van der Waals surface area contributed by atoms with Gasteiger partial charge in [0.2, 0.25) is 11.8 Å². The Morgan fingerprint density at radius 3 is 2.16 bits per heavy atom. The highest BCUT2D eigenvalue weighted by Crippen LogP contribution is 2.25. The third kappa shape index (κ3) is 5.85. The van der Waals surface area contributed by atoms with Crippen molar-refractivity contribution in [3.63, 3.8) is 0 Å². The molecule has 2 aromatic carbocycles. The van der Waals surface area contributed by atoms with Crippen LogP contribution in [-0.2, 0) is 9.59 Å². The average molecular weight is 442 g/mol. The largest absolute Gasteiger partial charge is 0.342 e. The molecule has 7 heteroatoms. The van der Waals surface area contributed by atoms with Gasteiger partial charge in [-0.25, -0.2) is 0 Å². The predicted molar refractivity (Wildman–Crippen MR) is 123 cm³/mol. The first-order chi connectivity index (χ1) is 14.6. The van der Waals surface area contributed by atoms with Crippen molar-refractivity contribution in [3.05, 3.63) is 59.1 Å². The minimum absolute atomic E-state index is 0.107. The number of halogens is 1. The van der Waals surface area contributed by atoms with Crippen molar-refractivity contribution in [2.24, 2.45) is 11.3 Å². The average Bonchev–Trinajstić information content (AvgIpc) is 2.74. The lowest BCUT2D eigenvalue weighted by Crippen LogP contribution is -2.45. The van der Waals surface area contributed by atoms with Crippen LogP contribution in [0.2, 0.25) is 5.02 Å². The van der Waals surface area contributed by atoms with Gasteiger partial charge in [-0.1, -0.05) is 44.5 Å². The van der Waals surface area contributed by atoms with E-state index in [-0.39, 0.29) is 23.6 Å². The standard InChI is InChI=1S/C24H28ClN3O3/c1-24(2,3)23(31)28-14-12-16(13-15-28)21(29)27-20-7-5-4-6-19(20)22(30)26-18-10-8-17(25)9-11-18/h4-11,16H,12-15H2,1-3H3,(H,26,30)(H,27,29).